The highest BCUT2D eigenvalue weighted by Crippen LogP contribution is 2.38. The number of pyridine rings is 1. The molecule has 0 radical (unpaired) electrons. The van der Waals surface area contributed by atoms with Gasteiger partial charge < -0.3 is 14.8 Å². The fourth-order valence-corrected chi connectivity index (χ4v) is 3.45. The first-order chi connectivity index (χ1) is 12.2. The minimum Gasteiger partial charge on any atom is -0.480 e. The molecule has 0 bridgehead atoms. The standard InChI is InChI=1S/C17H14N4O3S/c1-23-17-11(9-19)14(13-5-3-7-25-13)10(8-18)15(21-17)20-16(22)12-4-2-6-24-12/h3,5,7,12H,2,4,6H2,1H3,(H,20,21,22). The van der Waals surface area contributed by atoms with Crippen LogP contribution in [0.5, 0.6) is 5.88 Å². The van der Waals surface area contributed by atoms with Gasteiger partial charge in [0.15, 0.2) is 5.82 Å². The zero-order chi connectivity index (χ0) is 17.8. The van der Waals surface area contributed by atoms with E-state index in [1.54, 1.807) is 6.07 Å². The quantitative estimate of drug-likeness (QED) is 0.904. The molecule has 2 aromatic heterocycles. The van der Waals surface area contributed by atoms with Crippen molar-refractivity contribution >= 4 is 23.1 Å². The van der Waals surface area contributed by atoms with Crippen LogP contribution in [0, 0.1) is 22.7 Å². The van der Waals surface area contributed by atoms with Gasteiger partial charge in [-0.15, -0.1) is 11.3 Å². The lowest BCUT2D eigenvalue weighted by atomic mass is 10.0. The average Bonchev–Trinajstić information content (AvgIpc) is 3.33. The van der Waals surface area contributed by atoms with Crippen LogP contribution in [0.2, 0.25) is 0 Å². The second-order valence-electron chi connectivity index (χ2n) is 5.29. The summed E-state index contributed by atoms with van der Waals surface area (Å²) in [6.45, 7) is 0.535. The lowest BCUT2D eigenvalue weighted by Crippen LogP contribution is -2.28. The summed E-state index contributed by atoms with van der Waals surface area (Å²) in [5.41, 5.74) is 0.706. The molecule has 2 aromatic rings. The maximum absolute atomic E-state index is 12.3. The predicted molar refractivity (Wildman–Crippen MR) is 91.1 cm³/mol. The van der Waals surface area contributed by atoms with E-state index in [0.29, 0.717) is 18.6 Å². The molecule has 25 heavy (non-hydrogen) atoms. The largest absolute Gasteiger partial charge is 0.480 e. The number of carbonyl (C=O) groups excluding carboxylic acids is 1. The molecule has 1 aliphatic heterocycles. The van der Waals surface area contributed by atoms with E-state index in [1.807, 2.05) is 17.5 Å². The fraction of sp³-hybridized carbons (Fsp3) is 0.294. The predicted octanol–water partition coefficient (Wildman–Crippen LogP) is 2.68. The molecule has 1 fully saturated rings. The van der Waals surface area contributed by atoms with Gasteiger partial charge in [-0.2, -0.15) is 15.5 Å². The molecule has 3 heterocycles. The van der Waals surface area contributed by atoms with Gasteiger partial charge in [-0.25, -0.2) is 0 Å². The summed E-state index contributed by atoms with van der Waals surface area (Å²) >= 11 is 1.38. The van der Waals surface area contributed by atoms with Crippen molar-refractivity contribution < 1.29 is 14.3 Å². The number of hydrogen-bond acceptors (Lipinski definition) is 7. The van der Waals surface area contributed by atoms with Gasteiger partial charge in [0.05, 0.1) is 7.11 Å². The number of nitrogens with zero attached hydrogens (tertiary/aromatic N) is 3. The van der Waals surface area contributed by atoms with Crippen molar-refractivity contribution in [3.05, 3.63) is 28.6 Å². The number of thiophene rings is 1. The normalized spacial score (nSPS) is 16.0. The highest BCUT2D eigenvalue weighted by molar-refractivity contribution is 7.13. The van der Waals surface area contributed by atoms with Gasteiger partial charge in [0.25, 0.3) is 5.91 Å². The van der Waals surface area contributed by atoms with Crippen molar-refractivity contribution in [3.8, 4) is 28.5 Å². The van der Waals surface area contributed by atoms with Gasteiger partial charge in [0.2, 0.25) is 5.88 Å². The van der Waals surface area contributed by atoms with Crippen LogP contribution in [-0.4, -0.2) is 30.7 Å². The molecule has 3 rings (SSSR count). The van der Waals surface area contributed by atoms with E-state index in [-0.39, 0.29) is 28.7 Å². The first-order valence-corrected chi connectivity index (χ1v) is 8.46. The third-order valence-corrected chi connectivity index (χ3v) is 4.70. The van der Waals surface area contributed by atoms with E-state index in [1.165, 1.54) is 18.4 Å². The van der Waals surface area contributed by atoms with Crippen molar-refractivity contribution in [2.75, 3.05) is 19.0 Å². The van der Waals surface area contributed by atoms with Crippen LogP contribution >= 0.6 is 11.3 Å². The summed E-state index contributed by atoms with van der Waals surface area (Å²) in [6.07, 6.45) is 0.882. The smallest absolute Gasteiger partial charge is 0.254 e. The van der Waals surface area contributed by atoms with E-state index in [2.05, 4.69) is 16.4 Å². The Balaban J connectivity index is 2.12. The number of rotatable bonds is 4. The van der Waals surface area contributed by atoms with Crippen molar-refractivity contribution in [1.82, 2.24) is 4.98 Å². The van der Waals surface area contributed by atoms with Crippen LogP contribution in [0.3, 0.4) is 0 Å². The Bertz CT molecular complexity index is 875. The van der Waals surface area contributed by atoms with Gasteiger partial charge in [-0.05, 0) is 24.3 Å². The first kappa shape index (κ1) is 16.9. The monoisotopic (exact) mass is 354 g/mol. The molecule has 0 spiro atoms. The van der Waals surface area contributed by atoms with Crippen molar-refractivity contribution in [2.24, 2.45) is 0 Å². The van der Waals surface area contributed by atoms with Crippen LogP contribution in [-0.2, 0) is 9.53 Å². The van der Waals surface area contributed by atoms with Crippen LogP contribution in [0.4, 0.5) is 5.82 Å². The van der Waals surface area contributed by atoms with Crippen LogP contribution in [0.25, 0.3) is 10.4 Å². The molecule has 8 heteroatoms. The third kappa shape index (κ3) is 3.18. The molecule has 0 aliphatic carbocycles. The highest BCUT2D eigenvalue weighted by Gasteiger charge is 2.28. The molecule has 1 unspecified atom stereocenters. The molecular formula is C17H14N4O3S. The van der Waals surface area contributed by atoms with E-state index < -0.39 is 6.10 Å². The number of carbonyl (C=O) groups is 1. The maximum atomic E-state index is 12.3. The number of anilines is 1. The summed E-state index contributed by atoms with van der Waals surface area (Å²) in [5.74, 6) is -0.222. The number of methoxy groups -OCH3 is 1. The Morgan fingerprint density at radius 1 is 1.44 bits per heavy atom. The third-order valence-electron chi connectivity index (χ3n) is 3.81. The molecular weight excluding hydrogens is 340 g/mol. The summed E-state index contributed by atoms with van der Waals surface area (Å²) in [6, 6.07) is 7.72. The zero-order valence-corrected chi connectivity index (χ0v) is 14.2. The van der Waals surface area contributed by atoms with Gasteiger partial charge >= 0.3 is 0 Å². The van der Waals surface area contributed by atoms with Crippen LogP contribution in [0.1, 0.15) is 24.0 Å². The maximum Gasteiger partial charge on any atom is 0.254 e. The fourth-order valence-electron chi connectivity index (χ4n) is 2.66. The molecule has 126 valence electrons. The summed E-state index contributed by atoms with van der Waals surface area (Å²) in [7, 11) is 1.39. The zero-order valence-electron chi connectivity index (χ0n) is 13.4. The number of amides is 1. The molecule has 1 aliphatic rings. The summed E-state index contributed by atoms with van der Waals surface area (Å²) in [4.78, 5) is 17.2. The Labute approximate surface area is 148 Å². The first-order valence-electron chi connectivity index (χ1n) is 7.58. The topological polar surface area (TPSA) is 108 Å². The number of nitriles is 2. The highest BCUT2D eigenvalue weighted by atomic mass is 32.1. The minimum atomic E-state index is -0.555. The number of nitrogens with one attached hydrogen (secondary N) is 1. The lowest BCUT2D eigenvalue weighted by molar-refractivity contribution is -0.124. The summed E-state index contributed by atoms with van der Waals surface area (Å²) in [5, 5.41) is 23.6. The molecule has 0 saturated carbocycles. The molecule has 7 nitrogen and oxygen atoms in total. The molecule has 1 N–H and O–H groups in total. The van der Waals surface area contributed by atoms with Crippen LogP contribution in [0.15, 0.2) is 17.5 Å². The molecule has 1 amide bonds. The van der Waals surface area contributed by atoms with E-state index >= 15 is 0 Å². The van der Waals surface area contributed by atoms with Crippen molar-refractivity contribution in [3.63, 3.8) is 0 Å². The minimum absolute atomic E-state index is 0.0625. The Morgan fingerprint density at radius 3 is 2.80 bits per heavy atom. The van der Waals surface area contributed by atoms with Gasteiger partial charge in [-0.1, -0.05) is 6.07 Å². The van der Waals surface area contributed by atoms with E-state index in [0.717, 1.165) is 11.3 Å². The van der Waals surface area contributed by atoms with E-state index in [4.69, 9.17) is 9.47 Å². The van der Waals surface area contributed by atoms with Crippen molar-refractivity contribution in [2.45, 2.75) is 18.9 Å². The van der Waals surface area contributed by atoms with E-state index in [9.17, 15) is 15.3 Å². The average molecular weight is 354 g/mol. The van der Waals surface area contributed by atoms with Gasteiger partial charge in [-0.3, -0.25) is 4.79 Å². The second-order valence-corrected chi connectivity index (χ2v) is 6.23. The summed E-state index contributed by atoms with van der Waals surface area (Å²) < 4.78 is 10.6. The molecule has 0 aromatic carbocycles. The van der Waals surface area contributed by atoms with Crippen molar-refractivity contribution in [1.29, 1.82) is 10.5 Å². The van der Waals surface area contributed by atoms with Gasteiger partial charge in [0, 0.05) is 17.0 Å². The Hall–Kier alpha value is -2.94. The number of hydrogen-bond donors (Lipinski definition) is 1. The van der Waals surface area contributed by atoms with Gasteiger partial charge in [0.1, 0.15) is 29.4 Å². The molecule has 1 saturated heterocycles. The Morgan fingerprint density at radius 2 is 2.24 bits per heavy atom. The molecule has 1 atom stereocenters. The lowest BCUT2D eigenvalue weighted by Gasteiger charge is -2.15. The van der Waals surface area contributed by atoms with Crippen LogP contribution < -0.4 is 10.1 Å². The SMILES string of the molecule is COc1nc(NC(=O)C2CCCO2)c(C#N)c(-c2cccs2)c1C#N. The Kier molecular flexibility index (Phi) is 4.94. The number of ether oxygens (including phenoxy) is 2. The second kappa shape index (κ2) is 7.31. The number of aromatic nitrogens is 1.